The average Bonchev–Trinajstić information content (AvgIpc) is 2.23. The van der Waals surface area contributed by atoms with E-state index >= 15 is 0 Å². The molecular weight excluding hydrogens is 285 g/mol. The molecule has 0 spiro atoms. The average molecular weight is 298 g/mol. The van der Waals surface area contributed by atoms with Gasteiger partial charge in [-0.3, -0.25) is 0 Å². The van der Waals surface area contributed by atoms with Crippen molar-refractivity contribution in [1.29, 1.82) is 0 Å². The Morgan fingerprint density at radius 1 is 1.40 bits per heavy atom. The van der Waals surface area contributed by atoms with Crippen molar-refractivity contribution >= 4 is 27.5 Å². The first-order valence-corrected chi connectivity index (χ1v) is 6.05. The van der Waals surface area contributed by atoms with Crippen molar-refractivity contribution in [3.8, 4) is 0 Å². The molecule has 1 atom stereocenters. The number of hydrogen-bond donors (Lipinski definition) is 0. The van der Waals surface area contributed by atoms with E-state index in [1.807, 2.05) is 6.92 Å². The van der Waals surface area contributed by atoms with E-state index in [2.05, 4.69) is 15.9 Å². The van der Waals surface area contributed by atoms with Crippen molar-refractivity contribution in [1.82, 2.24) is 0 Å². The van der Waals surface area contributed by atoms with Crippen molar-refractivity contribution in [2.45, 2.75) is 31.6 Å². The standard InChI is InChI=1S/C11H12BrClF2/c1-2-7(13)3-4-8-10(14)6-5-9(12)11(8)15/h5-7H,2-4H2,1H3. The molecule has 0 saturated carbocycles. The van der Waals surface area contributed by atoms with E-state index in [0.717, 1.165) is 6.42 Å². The fraction of sp³-hybridized carbons (Fsp3) is 0.455. The summed E-state index contributed by atoms with van der Waals surface area (Å²) in [5, 5.41) is -0.0252. The molecule has 15 heavy (non-hydrogen) atoms. The lowest BCUT2D eigenvalue weighted by Gasteiger charge is -2.08. The summed E-state index contributed by atoms with van der Waals surface area (Å²) in [5.41, 5.74) is 0.114. The van der Waals surface area contributed by atoms with Crippen LogP contribution in [-0.4, -0.2) is 5.38 Å². The summed E-state index contributed by atoms with van der Waals surface area (Å²) in [6, 6.07) is 2.63. The molecule has 0 nitrogen and oxygen atoms in total. The largest absolute Gasteiger partial charge is 0.207 e. The number of alkyl halides is 1. The van der Waals surface area contributed by atoms with E-state index in [1.54, 1.807) is 0 Å². The maximum absolute atomic E-state index is 13.5. The molecule has 1 aromatic rings. The second-order valence-corrected chi connectivity index (χ2v) is 4.84. The van der Waals surface area contributed by atoms with Gasteiger partial charge in [-0.1, -0.05) is 6.92 Å². The first-order valence-electron chi connectivity index (χ1n) is 4.82. The first-order chi connectivity index (χ1) is 7.06. The third-order valence-electron chi connectivity index (χ3n) is 2.29. The minimum atomic E-state index is -0.519. The minimum Gasteiger partial charge on any atom is -0.207 e. The molecule has 1 unspecified atom stereocenters. The van der Waals surface area contributed by atoms with Crippen molar-refractivity contribution < 1.29 is 8.78 Å². The first kappa shape index (κ1) is 12.9. The van der Waals surface area contributed by atoms with Crippen molar-refractivity contribution in [3.63, 3.8) is 0 Å². The summed E-state index contributed by atoms with van der Waals surface area (Å²) in [7, 11) is 0. The number of rotatable bonds is 4. The van der Waals surface area contributed by atoms with Crippen molar-refractivity contribution in [2.24, 2.45) is 0 Å². The summed E-state index contributed by atoms with van der Waals surface area (Å²) in [4.78, 5) is 0. The third-order valence-corrected chi connectivity index (χ3v) is 3.43. The zero-order valence-electron chi connectivity index (χ0n) is 8.37. The SMILES string of the molecule is CCC(Cl)CCc1c(F)ccc(Br)c1F. The quantitative estimate of drug-likeness (QED) is 0.559. The number of hydrogen-bond acceptors (Lipinski definition) is 0. The Kier molecular flexibility index (Phi) is 5.00. The molecule has 84 valence electrons. The number of benzene rings is 1. The second-order valence-electron chi connectivity index (χ2n) is 3.37. The van der Waals surface area contributed by atoms with Gasteiger partial charge in [0.25, 0.3) is 0 Å². The van der Waals surface area contributed by atoms with Crippen LogP contribution < -0.4 is 0 Å². The van der Waals surface area contributed by atoms with Crippen LogP contribution in [0.25, 0.3) is 0 Å². The van der Waals surface area contributed by atoms with Gasteiger partial charge in [-0.05, 0) is 47.3 Å². The number of halogens is 4. The Labute approximate surface area is 102 Å². The molecule has 0 aliphatic carbocycles. The molecule has 0 bridgehead atoms. The molecule has 0 heterocycles. The Bertz CT molecular complexity index is 342. The van der Waals surface area contributed by atoms with Gasteiger partial charge in [-0.2, -0.15) is 0 Å². The van der Waals surface area contributed by atoms with Crippen LogP contribution in [0.3, 0.4) is 0 Å². The molecule has 4 heteroatoms. The summed E-state index contributed by atoms with van der Waals surface area (Å²) in [6.07, 6.45) is 1.72. The summed E-state index contributed by atoms with van der Waals surface area (Å²) in [5.74, 6) is -1.02. The van der Waals surface area contributed by atoms with E-state index in [9.17, 15) is 8.78 Å². The van der Waals surface area contributed by atoms with Gasteiger partial charge in [-0.15, -0.1) is 11.6 Å². The van der Waals surface area contributed by atoms with Crippen LogP contribution in [-0.2, 0) is 6.42 Å². The van der Waals surface area contributed by atoms with E-state index < -0.39 is 11.6 Å². The zero-order chi connectivity index (χ0) is 11.4. The van der Waals surface area contributed by atoms with Crippen molar-refractivity contribution in [2.75, 3.05) is 0 Å². The highest BCUT2D eigenvalue weighted by Crippen LogP contribution is 2.23. The van der Waals surface area contributed by atoms with Crippen molar-refractivity contribution in [3.05, 3.63) is 33.8 Å². The lowest BCUT2D eigenvalue weighted by molar-refractivity contribution is 0.542. The normalized spacial score (nSPS) is 12.9. The molecule has 0 aliphatic heterocycles. The summed E-state index contributed by atoms with van der Waals surface area (Å²) >= 11 is 8.93. The molecule has 0 fully saturated rings. The lowest BCUT2D eigenvalue weighted by Crippen LogP contribution is -2.03. The van der Waals surface area contributed by atoms with E-state index in [-0.39, 0.29) is 10.9 Å². The zero-order valence-corrected chi connectivity index (χ0v) is 10.7. The van der Waals surface area contributed by atoms with E-state index in [4.69, 9.17) is 11.6 Å². The van der Waals surface area contributed by atoms with Crippen LogP contribution in [0.2, 0.25) is 0 Å². The highest BCUT2D eigenvalue weighted by Gasteiger charge is 2.13. The van der Waals surface area contributed by atoms with Crippen LogP contribution in [0.5, 0.6) is 0 Å². The van der Waals surface area contributed by atoms with Gasteiger partial charge in [0, 0.05) is 10.9 Å². The molecule has 0 saturated heterocycles. The molecule has 1 rings (SSSR count). The van der Waals surface area contributed by atoms with Crippen LogP contribution in [0.1, 0.15) is 25.3 Å². The Morgan fingerprint density at radius 2 is 2.07 bits per heavy atom. The Morgan fingerprint density at radius 3 is 2.67 bits per heavy atom. The van der Waals surface area contributed by atoms with Gasteiger partial charge in [0.1, 0.15) is 11.6 Å². The van der Waals surface area contributed by atoms with Gasteiger partial charge in [0.15, 0.2) is 0 Å². The Hall–Kier alpha value is -0.150. The van der Waals surface area contributed by atoms with Gasteiger partial charge >= 0.3 is 0 Å². The van der Waals surface area contributed by atoms with Gasteiger partial charge in [-0.25, -0.2) is 8.78 Å². The molecule has 1 aromatic carbocycles. The monoisotopic (exact) mass is 296 g/mol. The fourth-order valence-corrected chi connectivity index (χ4v) is 1.78. The molecule has 0 aromatic heterocycles. The molecule has 0 N–H and O–H groups in total. The van der Waals surface area contributed by atoms with Gasteiger partial charge < -0.3 is 0 Å². The molecule has 0 radical (unpaired) electrons. The highest BCUT2D eigenvalue weighted by atomic mass is 79.9. The highest BCUT2D eigenvalue weighted by molar-refractivity contribution is 9.10. The van der Waals surface area contributed by atoms with Gasteiger partial charge in [0.05, 0.1) is 4.47 Å². The molecule has 0 amide bonds. The minimum absolute atomic E-state index is 0.0252. The molecular formula is C11H12BrClF2. The Balaban J connectivity index is 2.80. The van der Waals surface area contributed by atoms with E-state index in [1.165, 1.54) is 12.1 Å². The van der Waals surface area contributed by atoms with Crippen LogP contribution in [0.4, 0.5) is 8.78 Å². The van der Waals surface area contributed by atoms with Crippen LogP contribution >= 0.6 is 27.5 Å². The maximum atomic E-state index is 13.5. The third kappa shape index (κ3) is 3.42. The van der Waals surface area contributed by atoms with Crippen LogP contribution in [0.15, 0.2) is 16.6 Å². The summed E-state index contributed by atoms with van der Waals surface area (Å²) in [6.45, 7) is 1.95. The lowest BCUT2D eigenvalue weighted by atomic mass is 10.1. The smallest absolute Gasteiger partial charge is 0.143 e. The van der Waals surface area contributed by atoms with Gasteiger partial charge in [0.2, 0.25) is 0 Å². The molecule has 0 aliphatic rings. The topological polar surface area (TPSA) is 0 Å². The van der Waals surface area contributed by atoms with E-state index in [0.29, 0.717) is 17.3 Å². The second kappa shape index (κ2) is 5.80. The fourth-order valence-electron chi connectivity index (χ4n) is 1.30. The predicted octanol–water partition coefficient (Wildman–Crippen LogP) is 4.68. The predicted molar refractivity (Wildman–Crippen MR) is 62.3 cm³/mol. The summed E-state index contributed by atoms with van der Waals surface area (Å²) < 4.78 is 27.1. The maximum Gasteiger partial charge on any atom is 0.143 e. The van der Waals surface area contributed by atoms with Crippen LogP contribution in [0, 0.1) is 11.6 Å².